The molecule has 2 aliphatic rings. The van der Waals surface area contributed by atoms with Crippen LogP contribution in [0.4, 0.5) is 22.1 Å². The molecule has 0 spiro atoms. The number of urea groups is 1. The van der Waals surface area contributed by atoms with Gasteiger partial charge in [0.2, 0.25) is 27.8 Å². The maximum Gasteiger partial charge on any atom is 0.328 e. The molecule has 0 unspecified atom stereocenters. The highest BCUT2D eigenvalue weighted by atomic mass is 35.5. The normalized spacial score (nSPS) is 15.0. The van der Waals surface area contributed by atoms with E-state index in [1.54, 1.807) is 40.8 Å². The van der Waals surface area contributed by atoms with Crippen LogP contribution in [0.3, 0.4) is 0 Å². The zero-order valence-corrected chi connectivity index (χ0v) is 33.5. The Morgan fingerprint density at radius 2 is 1.72 bits per heavy atom. The lowest BCUT2D eigenvalue weighted by Crippen LogP contribution is -2.49. The molecule has 304 valence electrons. The SMILES string of the molecule is Cc1cc(S(=O)(=O)NCCOCCOCCNC(=O)CCc2ccc(C)c(N3CCC(=O)NC3=O)c2)ccc1Nc1ncc2cc(Cl)c(=O)n(C3CCCC3)c2n1. The molecule has 4 N–H and O–H groups in total. The van der Waals surface area contributed by atoms with Crippen LogP contribution >= 0.6 is 11.6 Å². The Morgan fingerprint density at radius 3 is 2.46 bits per heavy atom. The molecule has 2 aromatic carbocycles. The van der Waals surface area contributed by atoms with Gasteiger partial charge < -0.3 is 20.1 Å². The minimum Gasteiger partial charge on any atom is -0.378 e. The van der Waals surface area contributed by atoms with Gasteiger partial charge in [0.05, 0.1) is 31.3 Å². The second-order valence-electron chi connectivity index (χ2n) is 14.0. The van der Waals surface area contributed by atoms with Crippen molar-refractivity contribution in [2.24, 2.45) is 0 Å². The number of nitrogens with zero attached hydrogens (tertiary/aromatic N) is 4. The summed E-state index contributed by atoms with van der Waals surface area (Å²) < 4.78 is 41.2. The van der Waals surface area contributed by atoms with Gasteiger partial charge in [-0.2, -0.15) is 4.98 Å². The predicted octanol–water partition coefficient (Wildman–Crippen LogP) is 4.43. The number of rotatable bonds is 18. The number of nitrogens with one attached hydrogen (secondary N) is 4. The van der Waals surface area contributed by atoms with Crippen molar-refractivity contribution in [2.45, 2.75) is 69.7 Å². The van der Waals surface area contributed by atoms with Gasteiger partial charge in [-0.15, -0.1) is 0 Å². The summed E-state index contributed by atoms with van der Waals surface area (Å²) in [5.74, 6) is -0.153. The van der Waals surface area contributed by atoms with Crippen molar-refractivity contribution in [2.75, 3.05) is 56.3 Å². The second kappa shape index (κ2) is 19.0. The number of carbonyl (C=O) groups excluding carboxylic acids is 3. The Bertz CT molecular complexity index is 2300. The van der Waals surface area contributed by atoms with E-state index in [-0.39, 0.29) is 85.1 Å². The number of pyridine rings is 1. The highest BCUT2D eigenvalue weighted by molar-refractivity contribution is 7.89. The lowest BCUT2D eigenvalue weighted by molar-refractivity contribution is -0.121. The van der Waals surface area contributed by atoms with E-state index in [1.165, 1.54) is 6.07 Å². The molecule has 1 saturated heterocycles. The summed E-state index contributed by atoms with van der Waals surface area (Å²) in [7, 11) is -3.81. The number of carbonyl (C=O) groups is 3. The number of benzene rings is 2. The van der Waals surface area contributed by atoms with Crippen LogP contribution in [0.15, 0.2) is 58.4 Å². The molecule has 57 heavy (non-hydrogen) atoms. The van der Waals surface area contributed by atoms with Gasteiger partial charge in [0.1, 0.15) is 10.7 Å². The number of amides is 4. The summed E-state index contributed by atoms with van der Waals surface area (Å²) in [5, 5.41) is 9.10. The number of fused-ring (bicyclic) bond motifs is 1. The topological polar surface area (TPSA) is 203 Å². The van der Waals surface area contributed by atoms with Crippen LogP contribution in [0.2, 0.25) is 5.02 Å². The second-order valence-corrected chi connectivity index (χ2v) is 16.2. The number of halogens is 1. The van der Waals surface area contributed by atoms with Crippen LogP contribution in [-0.2, 0) is 35.5 Å². The quantitative estimate of drug-likeness (QED) is 0.104. The highest BCUT2D eigenvalue weighted by Gasteiger charge is 2.26. The van der Waals surface area contributed by atoms with Crippen LogP contribution in [0.5, 0.6) is 0 Å². The van der Waals surface area contributed by atoms with Gasteiger partial charge in [0.25, 0.3) is 5.56 Å². The fourth-order valence-electron chi connectivity index (χ4n) is 6.87. The van der Waals surface area contributed by atoms with Crippen molar-refractivity contribution < 1.29 is 32.3 Å². The molecule has 4 amide bonds. The Morgan fingerprint density at radius 1 is 0.965 bits per heavy atom. The molecular weight excluding hydrogens is 776 g/mol. The maximum atomic E-state index is 13.0. The largest absolute Gasteiger partial charge is 0.378 e. The monoisotopic (exact) mass is 822 g/mol. The Labute approximate surface area is 335 Å². The van der Waals surface area contributed by atoms with Crippen LogP contribution < -0.4 is 31.1 Å². The average molecular weight is 823 g/mol. The first-order chi connectivity index (χ1) is 27.4. The van der Waals surface area contributed by atoms with Gasteiger partial charge in [0.15, 0.2) is 0 Å². The van der Waals surface area contributed by atoms with Gasteiger partial charge in [-0.25, -0.2) is 22.9 Å². The van der Waals surface area contributed by atoms with Crippen molar-refractivity contribution in [3.8, 4) is 0 Å². The number of hydrogen-bond donors (Lipinski definition) is 4. The van der Waals surface area contributed by atoms with Gasteiger partial charge in [-0.1, -0.05) is 36.6 Å². The first-order valence-corrected chi connectivity index (χ1v) is 20.8. The molecule has 3 heterocycles. The van der Waals surface area contributed by atoms with Crippen molar-refractivity contribution in [3.63, 3.8) is 0 Å². The van der Waals surface area contributed by atoms with Gasteiger partial charge in [-0.3, -0.25) is 29.2 Å². The Balaban J connectivity index is 0.870. The van der Waals surface area contributed by atoms with Gasteiger partial charge in [-0.05, 0) is 80.1 Å². The van der Waals surface area contributed by atoms with Gasteiger partial charge >= 0.3 is 6.03 Å². The molecule has 4 aromatic rings. The molecule has 0 bridgehead atoms. The molecule has 0 radical (unpaired) electrons. The molecule has 2 aromatic heterocycles. The lowest BCUT2D eigenvalue weighted by atomic mass is 10.0. The van der Waals surface area contributed by atoms with Crippen LogP contribution in [0.1, 0.15) is 61.3 Å². The van der Waals surface area contributed by atoms with Crippen molar-refractivity contribution in [3.05, 3.63) is 80.7 Å². The zero-order chi connectivity index (χ0) is 40.5. The standard InChI is InChI=1S/C39H47ClN8O8S/c1-25-7-8-27(22-33(25)47-16-13-35(50)45-39(47)52)9-12-34(49)41-14-17-55-19-20-56-18-15-43-57(53,54)30-10-11-32(26(2)21-30)44-38-42-24-28-23-31(40)37(51)48(36(28)46-38)29-5-3-4-6-29/h7-8,10-11,21-24,29,43H,3-6,9,12-20H2,1-2H3,(H,41,49)(H,42,44,46)(H,45,50,52). The fourth-order valence-corrected chi connectivity index (χ4v) is 8.18. The number of sulfonamides is 1. The number of anilines is 3. The molecule has 0 atom stereocenters. The van der Waals surface area contributed by atoms with Gasteiger partial charge in [0, 0.05) is 61.5 Å². The summed E-state index contributed by atoms with van der Waals surface area (Å²) >= 11 is 6.25. The molecule has 1 saturated carbocycles. The van der Waals surface area contributed by atoms with E-state index in [9.17, 15) is 27.6 Å². The smallest absolute Gasteiger partial charge is 0.328 e. The zero-order valence-electron chi connectivity index (χ0n) is 31.9. The minimum atomic E-state index is -3.81. The Kier molecular flexibility index (Phi) is 13.9. The van der Waals surface area contributed by atoms with Crippen molar-refractivity contribution in [1.29, 1.82) is 0 Å². The molecule has 6 rings (SSSR count). The summed E-state index contributed by atoms with van der Waals surface area (Å²) in [5.41, 5.74) is 4.02. The lowest BCUT2D eigenvalue weighted by Gasteiger charge is -2.28. The third kappa shape index (κ3) is 10.7. The first-order valence-electron chi connectivity index (χ1n) is 19.0. The van der Waals surface area contributed by atoms with Crippen LogP contribution in [-0.4, -0.2) is 86.9 Å². The summed E-state index contributed by atoms with van der Waals surface area (Å²) in [6.45, 7) is 5.29. The third-order valence-corrected chi connectivity index (χ3v) is 11.6. The van der Waals surface area contributed by atoms with E-state index in [0.29, 0.717) is 41.8 Å². The van der Waals surface area contributed by atoms with E-state index in [0.717, 1.165) is 42.5 Å². The average Bonchev–Trinajstić information content (AvgIpc) is 3.71. The number of hydrogen-bond acceptors (Lipinski definition) is 11. The molecule has 1 aliphatic carbocycles. The number of aryl methyl sites for hydroxylation is 3. The summed E-state index contributed by atoms with van der Waals surface area (Å²) in [4.78, 5) is 59.8. The van der Waals surface area contributed by atoms with Crippen molar-refractivity contribution >= 4 is 67.8 Å². The molecule has 1 aliphatic heterocycles. The maximum absolute atomic E-state index is 13.0. The van der Waals surface area contributed by atoms with Crippen LogP contribution in [0.25, 0.3) is 11.0 Å². The minimum absolute atomic E-state index is 0.0268. The van der Waals surface area contributed by atoms with E-state index >= 15 is 0 Å². The first kappa shape index (κ1) is 41.7. The van der Waals surface area contributed by atoms with Crippen molar-refractivity contribution in [1.82, 2.24) is 29.9 Å². The van der Waals surface area contributed by atoms with E-state index in [2.05, 4.69) is 30.6 Å². The molecular formula is C39H47ClN8O8S. The summed E-state index contributed by atoms with van der Waals surface area (Å²) in [6.07, 6.45) is 6.43. The van der Waals surface area contributed by atoms with Crippen LogP contribution in [0, 0.1) is 13.8 Å². The third-order valence-electron chi connectivity index (χ3n) is 9.91. The molecule has 16 nitrogen and oxygen atoms in total. The van der Waals surface area contributed by atoms with E-state index in [4.69, 9.17) is 21.1 Å². The van der Waals surface area contributed by atoms with E-state index in [1.807, 2.05) is 25.1 Å². The van der Waals surface area contributed by atoms with E-state index < -0.39 is 16.1 Å². The summed E-state index contributed by atoms with van der Waals surface area (Å²) in [6, 6.07) is 11.5. The molecule has 18 heteroatoms. The number of ether oxygens (including phenoxy) is 2. The highest BCUT2D eigenvalue weighted by Crippen LogP contribution is 2.32. The Hall–Kier alpha value is -4.94. The number of imide groups is 1. The fraction of sp³-hybridized carbons (Fsp3) is 0.436. The number of aromatic nitrogens is 3. The molecule has 2 fully saturated rings. The predicted molar refractivity (Wildman–Crippen MR) is 216 cm³/mol.